The summed E-state index contributed by atoms with van der Waals surface area (Å²) >= 11 is 0. The van der Waals surface area contributed by atoms with E-state index in [4.69, 9.17) is 4.74 Å². The Hall–Kier alpha value is -3.19. The Bertz CT molecular complexity index is 976. The molecule has 27 heavy (non-hydrogen) atoms. The van der Waals surface area contributed by atoms with Crippen molar-refractivity contribution >= 4 is 28.4 Å². The van der Waals surface area contributed by atoms with Gasteiger partial charge in [0.05, 0.1) is 17.2 Å². The fourth-order valence-corrected chi connectivity index (χ4v) is 2.97. The number of fused-ring (bicyclic) bond motifs is 2. The monoisotopic (exact) mass is 364 g/mol. The number of rotatable bonds is 6. The predicted molar refractivity (Wildman–Crippen MR) is 103 cm³/mol. The van der Waals surface area contributed by atoms with E-state index in [0.29, 0.717) is 31.0 Å². The first kappa shape index (κ1) is 17.2. The number of aliphatic hydroxyl groups excluding tert-OH is 1. The van der Waals surface area contributed by atoms with Crippen LogP contribution in [-0.4, -0.2) is 40.2 Å². The second-order valence-corrected chi connectivity index (χ2v) is 6.46. The minimum atomic E-state index is -0.700. The molecule has 2 heterocycles. The first-order chi connectivity index (χ1) is 13.2. The van der Waals surface area contributed by atoms with Crippen molar-refractivity contribution in [3.8, 4) is 5.75 Å². The lowest BCUT2D eigenvalue weighted by Crippen LogP contribution is -2.26. The van der Waals surface area contributed by atoms with Crippen LogP contribution in [-0.2, 0) is 11.2 Å². The number of aromatic nitrogens is 2. The summed E-state index contributed by atoms with van der Waals surface area (Å²) in [6, 6.07) is 13.2. The molecule has 0 bridgehead atoms. The minimum absolute atomic E-state index is 0.0365. The molecule has 7 heteroatoms. The van der Waals surface area contributed by atoms with Crippen LogP contribution in [0.4, 0.5) is 11.5 Å². The molecule has 0 spiro atoms. The van der Waals surface area contributed by atoms with Crippen molar-refractivity contribution in [1.82, 2.24) is 9.97 Å². The third-order valence-electron chi connectivity index (χ3n) is 4.38. The zero-order valence-electron chi connectivity index (χ0n) is 14.7. The summed E-state index contributed by atoms with van der Waals surface area (Å²) in [5, 5.41) is 16.1. The second kappa shape index (κ2) is 7.59. The fourth-order valence-electron chi connectivity index (χ4n) is 2.97. The van der Waals surface area contributed by atoms with Gasteiger partial charge >= 0.3 is 0 Å². The fraction of sp³-hybridized carbons (Fsp3) is 0.250. The van der Waals surface area contributed by atoms with Gasteiger partial charge in [0.25, 0.3) is 0 Å². The number of hydrogen-bond acceptors (Lipinski definition) is 6. The van der Waals surface area contributed by atoms with Crippen molar-refractivity contribution in [3.05, 3.63) is 54.2 Å². The molecule has 4 rings (SSSR count). The number of benzene rings is 2. The number of ether oxygens (including phenoxy) is 1. The first-order valence-electron chi connectivity index (χ1n) is 8.87. The summed E-state index contributed by atoms with van der Waals surface area (Å²) in [5.41, 5.74) is 3.51. The number of nitrogens with one attached hydrogen (secondary N) is 2. The van der Waals surface area contributed by atoms with E-state index < -0.39 is 6.10 Å². The molecule has 138 valence electrons. The Morgan fingerprint density at radius 2 is 2.04 bits per heavy atom. The molecule has 1 aromatic heterocycles. The SMILES string of the molecule is O=C1CCc2cc(OC[C@H](O)CNc3cnc4ccccc4n3)ccc2N1. The summed E-state index contributed by atoms with van der Waals surface area (Å²) in [5.74, 6) is 1.32. The lowest BCUT2D eigenvalue weighted by Gasteiger charge is -2.18. The topological polar surface area (TPSA) is 96.4 Å². The smallest absolute Gasteiger partial charge is 0.224 e. The van der Waals surface area contributed by atoms with E-state index in [2.05, 4.69) is 20.6 Å². The van der Waals surface area contributed by atoms with Gasteiger partial charge in [-0.3, -0.25) is 9.78 Å². The van der Waals surface area contributed by atoms with Crippen molar-refractivity contribution < 1.29 is 14.6 Å². The molecular formula is C20H20N4O3. The van der Waals surface area contributed by atoms with Crippen LogP contribution in [0.3, 0.4) is 0 Å². The number of carbonyl (C=O) groups excluding carboxylic acids is 1. The lowest BCUT2D eigenvalue weighted by molar-refractivity contribution is -0.116. The van der Waals surface area contributed by atoms with Crippen LogP contribution in [0.1, 0.15) is 12.0 Å². The highest BCUT2D eigenvalue weighted by atomic mass is 16.5. The molecule has 0 saturated carbocycles. The van der Waals surface area contributed by atoms with E-state index in [9.17, 15) is 9.90 Å². The number of para-hydroxylation sites is 2. The molecule has 0 radical (unpaired) electrons. The van der Waals surface area contributed by atoms with Crippen molar-refractivity contribution in [2.45, 2.75) is 18.9 Å². The van der Waals surface area contributed by atoms with E-state index in [1.165, 1.54) is 0 Å². The van der Waals surface area contributed by atoms with Crippen molar-refractivity contribution in [2.75, 3.05) is 23.8 Å². The van der Waals surface area contributed by atoms with Gasteiger partial charge in [0.2, 0.25) is 5.91 Å². The van der Waals surface area contributed by atoms with Crippen LogP contribution < -0.4 is 15.4 Å². The van der Waals surface area contributed by atoms with Gasteiger partial charge in [-0.1, -0.05) is 12.1 Å². The van der Waals surface area contributed by atoms with Crippen molar-refractivity contribution in [1.29, 1.82) is 0 Å². The Kier molecular flexibility index (Phi) is 4.84. The highest BCUT2D eigenvalue weighted by Gasteiger charge is 2.15. The zero-order chi connectivity index (χ0) is 18.6. The number of nitrogens with zero attached hydrogens (tertiary/aromatic N) is 2. The van der Waals surface area contributed by atoms with Crippen LogP contribution in [0.2, 0.25) is 0 Å². The summed E-state index contributed by atoms with van der Waals surface area (Å²) in [6.07, 6.45) is 2.13. The number of amides is 1. The molecule has 3 aromatic rings. The van der Waals surface area contributed by atoms with E-state index in [0.717, 1.165) is 22.3 Å². The molecule has 0 aliphatic carbocycles. The van der Waals surface area contributed by atoms with Crippen molar-refractivity contribution in [3.63, 3.8) is 0 Å². The molecule has 1 atom stereocenters. The highest BCUT2D eigenvalue weighted by molar-refractivity contribution is 5.94. The molecule has 1 aliphatic rings. The quantitative estimate of drug-likeness (QED) is 0.621. The Labute approximate surface area is 156 Å². The van der Waals surface area contributed by atoms with E-state index in [-0.39, 0.29) is 12.5 Å². The van der Waals surface area contributed by atoms with Gasteiger partial charge in [0.15, 0.2) is 0 Å². The Balaban J connectivity index is 1.30. The number of hydrogen-bond donors (Lipinski definition) is 3. The number of carbonyl (C=O) groups is 1. The van der Waals surface area contributed by atoms with E-state index in [1.807, 2.05) is 36.4 Å². The lowest BCUT2D eigenvalue weighted by atomic mass is 10.0. The molecule has 0 unspecified atom stereocenters. The predicted octanol–water partition coefficient (Wildman–Crippen LogP) is 2.37. The minimum Gasteiger partial charge on any atom is -0.491 e. The van der Waals surface area contributed by atoms with Gasteiger partial charge < -0.3 is 20.5 Å². The second-order valence-electron chi connectivity index (χ2n) is 6.46. The molecular weight excluding hydrogens is 344 g/mol. The average Bonchev–Trinajstić information content (AvgIpc) is 2.70. The van der Waals surface area contributed by atoms with Gasteiger partial charge in [-0.15, -0.1) is 0 Å². The third-order valence-corrected chi connectivity index (χ3v) is 4.38. The number of aliphatic hydroxyl groups is 1. The van der Waals surface area contributed by atoms with Crippen LogP contribution in [0.5, 0.6) is 5.75 Å². The molecule has 1 amide bonds. The van der Waals surface area contributed by atoms with Crippen LogP contribution in [0.15, 0.2) is 48.7 Å². The molecule has 0 fully saturated rings. The van der Waals surface area contributed by atoms with E-state index >= 15 is 0 Å². The number of aryl methyl sites for hydroxylation is 1. The first-order valence-corrected chi connectivity index (χ1v) is 8.87. The van der Waals surface area contributed by atoms with Gasteiger partial charge in [-0.05, 0) is 42.3 Å². The molecule has 2 aromatic carbocycles. The highest BCUT2D eigenvalue weighted by Crippen LogP contribution is 2.26. The molecule has 7 nitrogen and oxygen atoms in total. The van der Waals surface area contributed by atoms with Gasteiger partial charge in [-0.25, -0.2) is 4.98 Å². The Morgan fingerprint density at radius 3 is 2.93 bits per heavy atom. The van der Waals surface area contributed by atoms with Gasteiger partial charge in [-0.2, -0.15) is 0 Å². The van der Waals surface area contributed by atoms with Gasteiger partial charge in [0, 0.05) is 18.7 Å². The van der Waals surface area contributed by atoms with Gasteiger partial charge in [0.1, 0.15) is 24.3 Å². The zero-order valence-corrected chi connectivity index (χ0v) is 14.7. The summed E-state index contributed by atoms with van der Waals surface area (Å²) < 4.78 is 5.68. The van der Waals surface area contributed by atoms with Crippen LogP contribution >= 0.6 is 0 Å². The standard InChI is InChI=1S/C20H20N4O3/c25-14(10-22-19-11-21-17-3-1-2-4-18(17)23-19)12-27-15-6-7-16-13(9-15)5-8-20(26)24-16/h1-4,6-7,9,11,14,25H,5,8,10,12H2,(H,22,23)(H,24,26)/t14-/m1/s1. The summed E-state index contributed by atoms with van der Waals surface area (Å²) in [4.78, 5) is 20.2. The maximum absolute atomic E-state index is 11.4. The Morgan fingerprint density at radius 1 is 1.19 bits per heavy atom. The van der Waals surface area contributed by atoms with E-state index in [1.54, 1.807) is 12.3 Å². The average molecular weight is 364 g/mol. The largest absolute Gasteiger partial charge is 0.491 e. The maximum atomic E-state index is 11.4. The van der Waals surface area contributed by atoms with Crippen molar-refractivity contribution in [2.24, 2.45) is 0 Å². The third kappa shape index (κ3) is 4.15. The van der Waals surface area contributed by atoms with Crippen LogP contribution in [0.25, 0.3) is 11.0 Å². The molecule has 3 N–H and O–H groups in total. The molecule has 0 saturated heterocycles. The molecule has 1 aliphatic heterocycles. The normalized spacial score (nSPS) is 14.3. The maximum Gasteiger partial charge on any atom is 0.224 e. The summed E-state index contributed by atoms with van der Waals surface area (Å²) in [6.45, 7) is 0.452. The van der Waals surface area contributed by atoms with Crippen LogP contribution in [0, 0.1) is 0 Å². The number of anilines is 2. The summed E-state index contributed by atoms with van der Waals surface area (Å²) in [7, 11) is 0.